The number of carbonyl (C=O) groups excluding carboxylic acids is 1. The summed E-state index contributed by atoms with van der Waals surface area (Å²) >= 11 is 0. The number of amides is 1. The van der Waals surface area contributed by atoms with E-state index in [1.54, 1.807) is 6.07 Å². The minimum Gasteiger partial charge on any atom is -0.494 e. The highest BCUT2D eigenvalue weighted by molar-refractivity contribution is 5.79. The second-order valence-corrected chi connectivity index (χ2v) is 3.18. The molecule has 15 heavy (non-hydrogen) atoms. The van der Waals surface area contributed by atoms with Gasteiger partial charge in [0.2, 0.25) is 5.91 Å². The average molecular weight is 212 g/mol. The summed E-state index contributed by atoms with van der Waals surface area (Å²) in [7, 11) is 1.38. The topological polar surface area (TPSA) is 78.3 Å². The third-order valence-electron chi connectivity index (χ3n) is 2.04. The molecule has 4 N–H and O–H groups in total. The zero-order valence-corrected chi connectivity index (χ0v) is 8.37. The molecule has 4 nitrogen and oxygen atoms in total. The molecule has 0 aliphatic heterocycles. The van der Waals surface area contributed by atoms with Crippen molar-refractivity contribution in [3.05, 3.63) is 29.6 Å². The lowest BCUT2D eigenvalue weighted by Crippen LogP contribution is -2.38. The van der Waals surface area contributed by atoms with Crippen LogP contribution in [0.2, 0.25) is 0 Å². The quantitative estimate of drug-likeness (QED) is 0.747. The molecule has 1 rings (SSSR count). The number of primary amides is 1. The minimum absolute atomic E-state index is 0.159. The Hall–Kier alpha value is -1.62. The normalized spacial score (nSPS) is 12.2. The minimum atomic E-state index is -0.794. The molecule has 0 aliphatic rings. The summed E-state index contributed by atoms with van der Waals surface area (Å²) in [6.07, 6.45) is 0.218. The molecule has 1 amide bonds. The van der Waals surface area contributed by atoms with Crippen molar-refractivity contribution < 1.29 is 13.9 Å². The Bertz CT molecular complexity index is 368. The van der Waals surface area contributed by atoms with Gasteiger partial charge < -0.3 is 16.2 Å². The summed E-state index contributed by atoms with van der Waals surface area (Å²) < 4.78 is 18.0. The molecule has 0 radical (unpaired) electrons. The molecule has 5 heteroatoms. The van der Waals surface area contributed by atoms with E-state index in [-0.39, 0.29) is 12.2 Å². The highest BCUT2D eigenvalue weighted by Crippen LogP contribution is 2.18. The molecule has 1 unspecified atom stereocenters. The van der Waals surface area contributed by atoms with E-state index in [1.807, 2.05) is 0 Å². The number of halogens is 1. The van der Waals surface area contributed by atoms with Gasteiger partial charge in [-0.25, -0.2) is 4.39 Å². The van der Waals surface area contributed by atoms with E-state index >= 15 is 0 Å². The maximum atomic E-state index is 13.2. The van der Waals surface area contributed by atoms with E-state index in [0.717, 1.165) is 0 Å². The Kier molecular flexibility index (Phi) is 3.62. The number of rotatable bonds is 4. The molecule has 1 aromatic carbocycles. The molecular formula is C10H13FN2O2. The third-order valence-corrected chi connectivity index (χ3v) is 2.04. The Morgan fingerprint density at radius 2 is 2.27 bits per heavy atom. The first kappa shape index (κ1) is 11.5. The number of hydrogen-bond acceptors (Lipinski definition) is 3. The van der Waals surface area contributed by atoms with Gasteiger partial charge >= 0.3 is 0 Å². The fourth-order valence-corrected chi connectivity index (χ4v) is 1.19. The number of methoxy groups -OCH3 is 1. The van der Waals surface area contributed by atoms with E-state index in [9.17, 15) is 9.18 Å². The summed E-state index contributed by atoms with van der Waals surface area (Å²) in [6, 6.07) is 3.61. The van der Waals surface area contributed by atoms with E-state index in [1.165, 1.54) is 19.2 Å². The maximum absolute atomic E-state index is 13.2. The van der Waals surface area contributed by atoms with Crippen LogP contribution < -0.4 is 16.2 Å². The van der Waals surface area contributed by atoms with Gasteiger partial charge in [-0.3, -0.25) is 4.79 Å². The van der Waals surface area contributed by atoms with Gasteiger partial charge in [-0.2, -0.15) is 0 Å². The van der Waals surface area contributed by atoms with Gasteiger partial charge in [0.1, 0.15) is 0 Å². The predicted octanol–water partition coefficient (Wildman–Crippen LogP) is 0.189. The zero-order chi connectivity index (χ0) is 11.4. The number of carbonyl (C=O) groups is 1. The van der Waals surface area contributed by atoms with Crippen molar-refractivity contribution >= 4 is 5.91 Å². The highest BCUT2D eigenvalue weighted by Gasteiger charge is 2.11. The van der Waals surface area contributed by atoms with Crippen LogP contribution in [-0.2, 0) is 11.2 Å². The summed E-state index contributed by atoms with van der Waals surface area (Å²) in [4.78, 5) is 10.7. The lowest BCUT2D eigenvalue weighted by molar-refractivity contribution is -0.119. The number of ether oxygens (including phenoxy) is 1. The van der Waals surface area contributed by atoms with Gasteiger partial charge in [0, 0.05) is 0 Å². The fourth-order valence-electron chi connectivity index (χ4n) is 1.19. The SMILES string of the molecule is COc1ccc(CC(N)C(N)=O)cc1F. The molecular weight excluding hydrogens is 199 g/mol. The Labute approximate surface area is 87.0 Å². The lowest BCUT2D eigenvalue weighted by Gasteiger charge is -2.08. The van der Waals surface area contributed by atoms with E-state index in [0.29, 0.717) is 5.56 Å². The maximum Gasteiger partial charge on any atom is 0.234 e. The molecule has 0 heterocycles. The molecule has 1 aromatic rings. The van der Waals surface area contributed by atoms with E-state index < -0.39 is 17.8 Å². The summed E-state index contributed by atoms with van der Waals surface area (Å²) in [5.41, 5.74) is 11.0. The average Bonchev–Trinajstić information content (AvgIpc) is 2.18. The van der Waals surface area contributed by atoms with Gasteiger partial charge in [-0.15, -0.1) is 0 Å². The van der Waals surface area contributed by atoms with Crippen molar-refractivity contribution in [2.75, 3.05) is 7.11 Å². The van der Waals surface area contributed by atoms with Crippen LogP contribution in [0.3, 0.4) is 0 Å². The first-order valence-electron chi connectivity index (χ1n) is 4.42. The lowest BCUT2D eigenvalue weighted by atomic mass is 10.1. The molecule has 0 aliphatic carbocycles. The summed E-state index contributed by atoms with van der Waals surface area (Å²) in [5.74, 6) is -0.927. The van der Waals surface area contributed by atoms with Gasteiger partial charge in [0.15, 0.2) is 11.6 Å². The Morgan fingerprint density at radius 3 is 2.73 bits per heavy atom. The second kappa shape index (κ2) is 4.75. The van der Waals surface area contributed by atoms with Crippen molar-refractivity contribution in [2.45, 2.75) is 12.5 Å². The predicted molar refractivity (Wildman–Crippen MR) is 53.8 cm³/mol. The van der Waals surface area contributed by atoms with Gasteiger partial charge in [0.05, 0.1) is 13.2 Å². The monoisotopic (exact) mass is 212 g/mol. The molecule has 0 saturated heterocycles. The molecule has 0 fully saturated rings. The van der Waals surface area contributed by atoms with Crippen LogP contribution in [0.25, 0.3) is 0 Å². The van der Waals surface area contributed by atoms with Crippen molar-refractivity contribution in [3.63, 3.8) is 0 Å². The Balaban J connectivity index is 2.79. The van der Waals surface area contributed by atoms with E-state index in [2.05, 4.69) is 0 Å². The van der Waals surface area contributed by atoms with Crippen molar-refractivity contribution in [3.8, 4) is 5.75 Å². The van der Waals surface area contributed by atoms with E-state index in [4.69, 9.17) is 16.2 Å². The van der Waals surface area contributed by atoms with Crippen LogP contribution >= 0.6 is 0 Å². The van der Waals surface area contributed by atoms with Crippen molar-refractivity contribution in [2.24, 2.45) is 11.5 Å². The molecule has 0 aromatic heterocycles. The third kappa shape index (κ3) is 2.92. The van der Waals surface area contributed by atoms with Crippen LogP contribution in [0, 0.1) is 5.82 Å². The van der Waals surface area contributed by atoms with Gasteiger partial charge in [0.25, 0.3) is 0 Å². The fraction of sp³-hybridized carbons (Fsp3) is 0.300. The number of hydrogen-bond donors (Lipinski definition) is 2. The highest BCUT2D eigenvalue weighted by atomic mass is 19.1. The molecule has 0 saturated carbocycles. The summed E-state index contributed by atoms with van der Waals surface area (Å²) in [5, 5.41) is 0. The van der Waals surface area contributed by atoms with Crippen LogP contribution in [0.4, 0.5) is 4.39 Å². The first-order valence-corrected chi connectivity index (χ1v) is 4.42. The van der Waals surface area contributed by atoms with Crippen LogP contribution in [0.5, 0.6) is 5.75 Å². The number of nitrogens with two attached hydrogens (primary N) is 2. The molecule has 0 spiro atoms. The van der Waals surface area contributed by atoms with Crippen LogP contribution in [-0.4, -0.2) is 19.1 Å². The van der Waals surface area contributed by atoms with Gasteiger partial charge in [-0.1, -0.05) is 6.07 Å². The molecule has 1 atom stereocenters. The van der Waals surface area contributed by atoms with Crippen LogP contribution in [0.15, 0.2) is 18.2 Å². The van der Waals surface area contributed by atoms with Crippen molar-refractivity contribution in [1.29, 1.82) is 0 Å². The number of benzene rings is 1. The first-order chi connectivity index (χ1) is 7.04. The summed E-state index contributed by atoms with van der Waals surface area (Å²) in [6.45, 7) is 0. The standard InChI is InChI=1S/C10H13FN2O2/c1-15-9-3-2-6(4-7(9)11)5-8(12)10(13)14/h2-4,8H,5,12H2,1H3,(H2,13,14). The molecule has 0 bridgehead atoms. The smallest absolute Gasteiger partial charge is 0.234 e. The second-order valence-electron chi connectivity index (χ2n) is 3.18. The Morgan fingerprint density at radius 1 is 1.60 bits per heavy atom. The van der Waals surface area contributed by atoms with Crippen molar-refractivity contribution in [1.82, 2.24) is 0 Å². The van der Waals surface area contributed by atoms with Crippen LogP contribution in [0.1, 0.15) is 5.56 Å². The largest absolute Gasteiger partial charge is 0.494 e. The molecule has 82 valence electrons. The van der Waals surface area contributed by atoms with Gasteiger partial charge in [-0.05, 0) is 24.1 Å². The zero-order valence-electron chi connectivity index (χ0n) is 8.37.